The smallest absolute Gasteiger partial charge is 0.324 e. The van der Waals surface area contributed by atoms with E-state index in [1.54, 1.807) is 0 Å². The van der Waals surface area contributed by atoms with Crippen LogP contribution in [0.5, 0.6) is 0 Å². The van der Waals surface area contributed by atoms with Crippen LogP contribution in [0.25, 0.3) is 0 Å². The van der Waals surface area contributed by atoms with Crippen LogP contribution in [0.3, 0.4) is 0 Å². The molecule has 0 aliphatic heterocycles. The molecule has 0 fully saturated rings. The van der Waals surface area contributed by atoms with E-state index in [2.05, 4.69) is 12.6 Å². The average Bonchev–Trinajstić information content (AvgIpc) is 2.03. The number of ketones is 1. The number of hydrogen-bond acceptors (Lipinski definition) is 3. The molecule has 0 radical (unpaired) electrons. The molecule has 0 rings (SSSR count). The topological polar surface area (TPSA) is 54.4 Å². The van der Waals surface area contributed by atoms with Gasteiger partial charge in [-0.25, -0.2) is 0 Å². The average molecular weight is 190 g/mol. The van der Waals surface area contributed by atoms with Crippen molar-refractivity contribution in [3.8, 4) is 0 Å². The van der Waals surface area contributed by atoms with Crippen molar-refractivity contribution in [2.24, 2.45) is 0 Å². The molecule has 1 atom stereocenters. The molecule has 0 amide bonds. The van der Waals surface area contributed by atoms with Gasteiger partial charge in [0.1, 0.15) is 0 Å². The van der Waals surface area contributed by atoms with Crippen molar-refractivity contribution < 1.29 is 14.7 Å². The Labute approximate surface area is 77.6 Å². The van der Waals surface area contributed by atoms with Crippen LogP contribution in [-0.4, -0.2) is 22.1 Å². The van der Waals surface area contributed by atoms with Crippen molar-refractivity contribution >= 4 is 24.4 Å². The number of aliphatic carboxylic acids is 1. The minimum atomic E-state index is -1.15. The number of rotatable bonds is 6. The zero-order valence-electron chi connectivity index (χ0n) is 7.12. The highest BCUT2D eigenvalue weighted by molar-refractivity contribution is 7.82. The number of carboxylic acids is 1. The number of carbonyl (C=O) groups is 2. The molecule has 4 heteroatoms. The number of carbonyl (C=O) groups excluding carboxylic acids is 1. The van der Waals surface area contributed by atoms with E-state index in [4.69, 9.17) is 5.11 Å². The van der Waals surface area contributed by atoms with Crippen LogP contribution < -0.4 is 0 Å². The lowest BCUT2D eigenvalue weighted by atomic mass is 10.1. The van der Waals surface area contributed by atoms with Gasteiger partial charge < -0.3 is 5.11 Å². The Bertz CT molecular complexity index is 168. The second-order valence-corrected chi connectivity index (χ2v) is 3.18. The molecule has 3 nitrogen and oxygen atoms in total. The van der Waals surface area contributed by atoms with Gasteiger partial charge in [0.05, 0.1) is 0 Å². The van der Waals surface area contributed by atoms with E-state index in [0.29, 0.717) is 6.42 Å². The van der Waals surface area contributed by atoms with Crippen molar-refractivity contribution in [3.05, 3.63) is 0 Å². The Morgan fingerprint density at radius 2 is 2.00 bits per heavy atom. The van der Waals surface area contributed by atoms with Gasteiger partial charge in [-0.3, -0.25) is 9.59 Å². The molecule has 0 aromatic rings. The highest BCUT2D eigenvalue weighted by atomic mass is 32.1. The van der Waals surface area contributed by atoms with Crippen LogP contribution in [0.15, 0.2) is 0 Å². The minimum absolute atomic E-state index is 0.292. The maximum atomic E-state index is 11.0. The quantitative estimate of drug-likeness (QED) is 0.379. The Kier molecular flexibility index (Phi) is 5.80. The molecule has 0 aromatic heterocycles. The van der Waals surface area contributed by atoms with Gasteiger partial charge in [-0.1, -0.05) is 19.8 Å². The van der Waals surface area contributed by atoms with Crippen LogP contribution in [0.1, 0.15) is 32.6 Å². The summed E-state index contributed by atoms with van der Waals surface area (Å²) in [5.74, 6) is -1.45. The molecule has 1 unspecified atom stereocenters. The van der Waals surface area contributed by atoms with E-state index in [-0.39, 0.29) is 5.78 Å². The summed E-state index contributed by atoms with van der Waals surface area (Å²) in [5.41, 5.74) is 0. The fourth-order valence-electron chi connectivity index (χ4n) is 0.824. The van der Waals surface area contributed by atoms with Gasteiger partial charge in [-0.2, -0.15) is 12.6 Å². The van der Waals surface area contributed by atoms with Gasteiger partial charge in [0, 0.05) is 6.42 Å². The van der Waals surface area contributed by atoms with Crippen molar-refractivity contribution in [2.45, 2.75) is 37.9 Å². The highest BCUT2D eigenvalue weighted by Gasteiger charge is 2.20. The molecular formula is C8H14O3S. The molecule has 0 bridgehead atoms. The summed E-state index contributed by atoms with van der Waals surface area (Å²) < 4.78 is 0. The van der Waals surface area contributed by atoms with E-state index in [1.165, 1.54) is 0 Å². The van der Waals surface area contributed by atoms with E-state index < -0.39 is 11.2 Å². The van der Waals surface area contributed by atoms with Crippen molar-refractivity contribution in [1.82, 2.24) is 0 Å². The zero-order chi connectivity index (χ0) is 9.56. The van der Waals surface area contributed by atoms with Gasteiger partial charge >= 0.3 is 5.97 Å². The first-order valence-electron chi connectivity index (χ1n) is 4.03. The Morgan fingerprint density at radius 3 is 2.42 bits per heavy atom. The number of thiol groups is 1. The SMILES string of the molecule is CCCCCC(=O)C(S)C(=O)O. The normalized spacial score (nSPS) is 12.5. The molecule has 0 saturated heterocycles. The fraction of sp³-hybridized carbons (Fsp3) is 0.750. The molecule has 0 aromatic carbocycles. The summed E-state index contributed by atoms with van der Waals surface area (Å²) in [6.07, 6.45) is 3.08. The van der Waals surface area contributed by atoms with Crippen molar-refractivity contribution in [1.29, 1.82) is 0 Å². The van der Waals surface area contributed by atoms with Crippen LogP contribution in [0.4, 0.5) is 0 Å². The first kappa shape index (κ1) is 11.5. The first-order valence-corrected chi connectivity index (χ1v) is 4.54. The van der Waals surface area contributed by atoms with E-state index >= 15 is 0 Å². The van der Waals surface area contributed by atoms with Gasteiger partial charge in [-0.05, 0) is 6.42 Å². The van der Waals surface area contributed by atoms with Gasteiger partial charge in [0.15, 0.2) is 11.0 Å². The lowest BCUT2D eigenvalue weighted by Crippen LogP contribution is -2.23. The summed E-state index contributed by atoms with van der Waals surface area (Å²) in [4.78, 5) is 21.3. The maximum Gasteiger partial charge on any atom is 0.324 e. The van der Waals surface area contributed by atoms with Gasteiger partial charge in [0.25, 0.3) is 0 Å². The lowest BCUT2D eigenvalue weighted by Gasteiger charge is -2.02. The second-order valence-electron chi connectivity index (χ2n) is 2.66. The van der Waals surface area contributed by atoms with E-state index in [9.17, 15) is 9.59 Å². The van der Waals surface area contributed by atoms with Crippen LogP contribution in [0.2, 0.25) is 0 Å². The van der Waals surface area contributed by atoms with Crippen molar-refractivity contribution in [3.63, 3.8) is 0 Å². The van der Waals surface area contributed by atoms with Crippen LogP contribution >= 0.6 is 12.6 Å². The molecule has 0 spiro atoms. The monoisotopic (exact) mass is 190 g/mol. The summed E-state index contributed by atoms with van der Waals surface area (Å²) in [6.45, 7) is 2.03. The zero-order valence-corrected chi connectivity index (χ0v) is 8.01. The Morgan fingerprint density at radius 1 is 1.42 bits per heavy atom. The standard InChI is InChI=1S/C8H14O3S/c1-2-3-4-5-6(9)7(12)8(10)11/h7,12H,2-5H2,1H3,(H,10,11). The molecule has 0 heterocycles. The predicted molar refractivity (Wildman–Crippen MR) is 49.6 cm³/mol. The highest BCUT2D eigenvalue weighted by Crippen LogP contribution is 2.06. The van der Waals surface area contributed by atoms with Crippen LogP contribution in [-0.2, 0) is 9.59 Å². The summed E-state index contributed by atoms with van der Waals surface area (Å²) >= 11 is 3.67. The van der Waals surface area contributed by atoms with Gasteiger partial charge in [0.2, 0.25) is 0 Å². The molecule has 0 aliphatic rings. The number of hydrogen-bond donors (Lipinski definition) is 2. The largest absolute Gasteiger partial charge is 0.480 e. The molecular weight excluding hydrogens is 176 g/mol. The number of unbranched alkanes of at least 4 members (excludes halogenated alkanes) is 2. The minimum Gasteiger partial charge on any atom is -0.480 e. The lowest BCUT2D eigenvalue weighted by molar-refractivity contribution is -0.139. The molecule has 0 saturated carbocycles. The van der Waals surface area contributed by atoms with E-state index in [0.717, 1.165) is 19.3 Å². The van der Waals surface area contributed by atoms with Gasteiger partial charge in [-0.15, -0.1) is 0 Å². The van der Waals surface area contributed by atoms with E-state index in [1.807, 2.05) is 6.92 Å². The predicted octanol–water partition coefficient (Wildman–Crippen LogP) is 1.52. The molecule has 70 valence electrons. The third-order valence-corrected chi connectivity index (χ3v) is 2.07. The summed E-state index contributed by atoms with van der Waals surface area (Å²) in [5, 5.41) is 7.27. The maximum absolute atomic E-state index is 11.0. The molecule has 1 N–H and O–H groups in total. The first-order chi connectivity index (χ1) is 5.59. The molecule has 0 aliphatic carbocycles. The molecule has 12 heavy (non-hydrogen) atoms. The fourth-order valence-corrected chi connectivity index (χ4v) is 0.953. The number of carboxylic acid groups (broad SMARTS) is 1. The Hall–Kier alpha value is -0.510. The summed E-state index contributed by atoms with van der Waals surface area (Å²) in [7, 11) is 0. The van der Waals surface area contributed by atoms with Crippen LogP contribution in [0, 0.1) is 0 Å². The number of Topliss-reactive ketones (excluding diaryl/α,β-unsaturated/α-hetero) is 1. The third-order valence-electron chi connectivity index (χ3n) is 1.57. The Balaban J connectivity index is 3.65. The third kappa shape index (κ3) is 4.38. The van der Waals surface area contributed by atoms with Crippen molar-refractivity contribution in [2.75, 3.05) is 0 Å². The summed E-state index contributed by atoms with van der Waals surface area (Å²) in [6, 6.07) is 0. The second kappa shape index (κ2) is 6.06.